The molecule has 0 amide bonds. The number of nitrogens with one attached hydrogen (secondary N) is 2. The van der Waals surface area contributed by atoms with Crippen LogP contribution < -0.4 is 10.6 Å². The molecule has 1 heterocycles. The molecule has 1 aromatic rings. The number of rotatable bonds is 7. The molecule has 8 heteroatoms. The minimum atomic E-state index is -3.18. The van der Waals surface area contributed by atoms with Gasteiger partial charge in [-0.05, 0) is 46.1 Å². The fourth-order valence-electron chi connectivity index (χ4n) is 3.13. The van der Waals surface area contributed by atoms with E-state index < -0.39 is 14.6 Å². The van der Waals surface area contributed by atoms with Gasteiger partial charge in [0.2, 0.25) is 0 Å². The van der Waals surface area contributed by atoms with Crippen LogP contribution in [0.15, 0.2) is 29.3 Å². The summed E-state index contributed by atoms with van der Waals surface area (Å²) in [5.41, 5.74) is 2.45. The normalized spacial score (nSPS) is 20.7. The number of hydrogen-bond donors (Lipinski definition) is 2. The zero-order chi connectivity index (χ0) is 20.8. The van der Waals surface area contributed by atoms with Crippen LogP contribution in [-0.4, -0.2) is 51.6 Å². The molecule has 6 nitrogen and oxygen atoms in total. The van der Waals surface area contributed by atoms with Crippen LogP contribution >= 0.6 is 24.0 Å². The molecule has 0 saturated carbocycles. The molecular weight excluding hydrogens is 501 g/mol. The molecule has 1 aromatic carbocycles. The fraction of sp³-hybridized carbons (Fsp3) is 0.667. The second-order valence-corrected chi connectivity index (χ2v) is 10.9. The van der Waals surface area contributed by atoms with Crippen molar-refractivity contribution in [2.75, 3.05) is 32.5 Å². The predicted octanol–water partition coefficient (Wildman–Crippen LogP) is 3.46. The first-order chi connectivity index (χ1) is 13.1. The zero-order valence-electron chi connectivity index (χ0n) is 18.2. The minimum absolute atomic E-state index is 0. The lowest BCUT2D eigenvalue weighted by Crippen LogP contribution is -2.43. The van der Waals surface area contributed by atoms with E-state index in [0.29, 0.717) is 18.4 Å². The number of hydrogen-bond acceptors (Lipinski definition) is 4. The standard InChI is InChI=1S/C21H35N3O3S.HI/c1-6-22-20(24-15-21(3,4)28(5,25)26)23-14-18-8-7-13-27-19(18)17-11-9-16(2)10-12-17;/h9-12,18-19H,6-8,13-15H2,1-5H3,(H2,22,23,24);1H. The van der Waals surface area contributed by atoms with Gasteiger partial charge in [0.25, 0.3) is 0 Å². The van der Waals surface area contributed by atoms with Crippen molar-refractivity contribution in [2.45, 2.75) is 51.4 Å². The summed E-state index contributed by atoms with van der Waals surface area (Å²) >= 11 is 0. The molecule has 0 radical (unpaired) electrons. The van der Waals surface area contributed by atoms with Gasteiger partial charge in [-0.1, -0.05) is 29.8 Å². The van der Waals surface area contributed by atoms with E-state index in [4.69, 9.17) is 4.74 Å². The highest BCUT2D eigenvalue weighted by atomic mass is 127. The van der Waals surface area contributed by atoms with Crippen molar-refractivity contribution in [3.8, 4) is 0 Å². The largest absolute Gasteiger partial charge is 0.373 e. The highest BCUT2D eigenvalue weighted by Crippen LogP contribution is 2.33. The first-order valence-electron chi connectivity index (χ1n) is 10.0. The lowest BCUT2D eigenvalue weighted by atomic mass is 9.89. The van der Waals surface area contributed by atoms with E-state index in [-0.39, 0.29) is 36.6 Å². The van der Waals surface area contributed by atoms with E-state index in [1.165, 1.54) is 17.4 Å². The Kier molecular flexibility index (Phi) is 10.4. The summed E-state index contributed by atoms with van der Waals surface area (Å²) in [4.78, 5) is 4.52. The van der Waals surface area contributed by atoms with Crippen molar-refractivity contribution < 1.29 is 13.2 Å². The lowest BCUT2D eigenvalue weighted by Gasteiger charge is -2.33. The Morgan fingerprint density at radius 2 is 1.90 bits per heavy atom. The van der Waals surface area contributed by atoms with Crippen LogP contribution in [0.1, 0.15) is 50.8 Å². The molecule has 2 atom stereocenters. The van der Waals surface area contributed by atoms with Gasteiger partial charge in [0.15, 0.2) is 15.8 Å². The second kappa shape index (κ2) is 11.5. The number of aliphatic imine (C=N–C) groups is 1. The molecule has 0 spiro atoms. The summed E-state index contributed by atoms with van der Waals surface area (Å²) in [6, 6.07) is 8.53. The average Bonchev–Trinajstić information content (AvgIpc) is 2.64. The Labute approximate surface area is 193 Å². The lowest BCUT2D eigenvalue weighted by molar-refractivity contribution is -0.0265. The zero-order valence-corrected chi connectivity index (χ0v) is 21.3. The van der Waals surface area contributed by atoms with E-state index >= 15 is 0 Å². The van der Waals surface area contributed by atoms with Crippen LogP contribution in [-0.2, 0) is 14.6 Å². The van der Waals surface area contributed by atoms with Gasteiger partial charge in [0, 0.05) is 31.9 Å². The maximum Gasteiger partial charge on any atom is 0.191 e. The summed E-state index contributed by atoms with van der Waals surface area (Å²) < 4.78 is 29.0. The summed E-state index contributed by atoms with van der Waals surface area (Å²) in [6.07, 6.45) is 3.45. The summed E-state index contributed by atoms with van der Waals surface area (Å²) in [7, 11) is -3.18. The fourth-order valence-corrected chi connectivity index (χ4v) is 3.43. The molecule has 1 aliphatic heterocycles. The van der Waals surface area contributed by atoms with E-state index in [2.05, 4.69) is 46.8 Å². The van der Waals surface area contributed by atoms with Gasteiger partial charge < -0.3 is 15.4 Å². The van der Waals surface area contributed by atoms with E-state index in [1.54, 1.807) is 13.8 Å². The number of aryl methyl sites for hydroxylation is 1. The van der Waals surface area contributed by atoms with E-state index in [9.17, 15) is 8.42 Å². The molecule has 1 saturated heterocycles. The van der Waals surface area contributed by atoms with Gasteiger partial charge in [0.1, 0.15) is 0 Å². The molecule has 29 heavy (non-hydrogen) atoms. The topological polar surface area (TPSA) is 79.8 Å². The summed E-state index contributed by atoms with van der Waals surface area (Å²) in [6.45, 7) is 9.93. The van der Waals surface area contributed by atoms with Crippen LogP contribution in [0.5, 0.6) is 0 Å². The van der Waals surface area contributed by atoms with Gasteiger partial charge >= 0.3 is 0 Å². The number of sulfone groups is 1. The summed E-state index contributed by atoms with van der Waals surface area (Å²) in [5, 5.41) is 6.60. The minimum Gasteiger partial charge on any atom is -0.373 e. The Morgan fingerprint density at radius 3 is 2.48 bits per heavy atom. The van der Waals surface area contributed by atoms with Crippen molar-refractivity contribution in [2.24, 2.45) is 10.9 Å². The number of nitrogens with zero attached hydrogens (tertiary/aromatic N) is 1. The van der Waals surface area contributed by atoms with Crippen molar-refractivity contribution >= 4 is 39.8 Å². The van der Waals surface area contributed by atoms with Crippen LogP contribution in [0, 0.1) is 12.8 Å². The smallest absolute Gasteiger partial charge is 0.191 e. The van der Waals surface area contributed by atoms with Crippen molar-refractivity contribution in [3.05, 3.63) is 35.4 Å². The molecule has 1 aliphatic rings. The van der Waals surface area contributed by atoms with Gasteiger partial charge in [-0.2, -0.15) is 0 Å². The molecule has 0 bridgehead atoms. The van der Waals surface area contributed by atoms with E-state index in [1.807, 2.05) is 6.92 Å². The van der Waals surface area contributed by atoms with E-state index in [0.717, 1.165) is 26.0 Å². The van der Waals surface area contributed by atoms with Crippen LogP contribution in [0.2, 0.25) is 0 Å². The van der Waals surface area contributed by atoms with Gasteiger partial charge in [-0.15, -0.1) is 24.0 Å². The molecule has 2 unspecified atom stereocenters. The molecule has 0 aliphatic carbocycles. The molecular formula is C21H36IN3O3S. The maximum absolute atomic E-state index is 11.9. The van der Waals surface area contributed by atoms with Gasteiger partial charge in [-0.3, -0.25) is 4.99 Å². The number of ether oxygens (including phenoxy) is 1. The third-order valence-corrected chi connectivity index (χ3v) is 7.48. The third kappa shape index (κ3) is 7.71. The molecule has 166 valence electrons. The Morgan fingerprint density at radius 1 is 1.24 bits per heavy atom. The summed E-state index contributed by atoms with van der Waals surface area (Å²) in [5.74, 6) is 0.982. The Bertz CT molecular complexity index is 764. The monoisotopic (exact) mass is 537 g/mol. The van der Waals surface area contributed by atoms with Gasteiger partial charge in [0.05, 0.1) is 17.4 Å². The first kappa shape index (κ1) is 26.2. The Hall–Kier alpha value is -0.870. The molecule has 0 aromatic heterocycles. The maximum atomic E-state index is 11.9. The van der Waals surface area contributed by atoms with Crippen molar-refractivity contribution in [3.63, 3.8) is 0 Å². The average molecular weight is 538 g/mol. The van der Waals surface area contributed by atoms with Gasteiger partial charge in [-0.25, -0.2) is 8.42 Å². The highest BCUT2D eigenvalue weighted by Gasteiger charge is 2.30. The number of benzene rings is 1. The number of halogens is 1. The van der Waals surface area contributed by atoms with Crippen LogP contribution in [0.25, 0.3) is 0 Å². The molecule has 2 rings (SSSR count). The Balaban J connectivity index is 0.00000420. The third-order valence-electron chi connectivity index (χ3n) is 5.35. The first-order valence-corrected chi connectivity index (χ1v) is 11.9. The predicted molar refractivity (Wildman–Crippen MR) is 131 cm³/mol. The second-order valence-electron chi connectivity index (χ2n) is 8.21. The van der Waals surface area contributed by atoms with Crippen LogP contribution in [0.3, 0.4) is 0 Å². The quantitative estimate of drug-likeness (QED) is 0.317. The molecule has 1 fully saturated rings. The van der Waals surface area contributed by atoms with Crippen molar-refractivity contribution in [1.29, 1.82) is 0 Å². The molecule has 2 N–H and O–H groups in total. The van der Waals surface area contributed by atoms with Crippen molar-refractivity contribution in [1.82, 2.24) is 10.6 Å². The SMILES string of the molecule is CCNC(=NCC(C)(C)S(C)(=O)=O)NCC1CCCOC1c1ccc(C)cc1.I. The van der Waals surface area contributed by atoms with Crippen LogP contribution in [0.4, 0.5) is 0 Å². The number of guanidine groups is 1. The highest BCUT2D eigenvalue weighted by molar-refractivity contribution is 14.0.